The normalized spacial score (nSPS) is 11.4. The lowest BCUT2D eigenvalue weighted by Crippen LogP contribution is -2.17. The summed E-state index contributed by atoms with van der Waals surface area (Å²) in [5.74, 6) is 0.499. The number of ether oxygens (including phenoxy) is 1. The summed E-state index contributed by atoms with van der Waals surface area (Å²) in [5.41, 5.74) is 4.87. The van der Waals surface area contributed by atoms with E-state index >= 15 is 0 Å². The van der Waals surface area contributed by atoms with Gasteiger partial charge < -0.3 is 4.74 Å². The second-order valence-electron chi connectivity index (χ2n) is 5.90. The van der Waals surface area contributed by atoms with Crippen LogP contribution in [0.4, 0.5) is 5.69 Å². The van der Waals surface area contributed by atoms with E-state index in [2.05, 4.69) is 4.72 Å². The smallest absolute Gasteiger partial charge is 0.262 e. The molecule has 1 N–H and O–H groups in total. The molecule has 4 nitrogen and oxygen atoms in total. The first-order valence-electron chi connectivity index (χ1n) is 7.42. The Morgan fingerprint density at radius 1 is 0.913 bits per heavy atom. The molecule has 23 heavy (non-hydrogen) atoms. The number of aryl methyl sites for hydroxylation is 3. The number of hydrogen-bond acceptors (Lipinski definition) is 3. The quantitative estimate of drug-likeness (QED) is 0.919. The van der Waals surface area contributed by atoms with Gasteiger partial charge in [-0.3, -0.25) is 4.72 Å². The molecule has 0 saturated heterocycles. The average Bonchev–Trinajstić information content (AvgIpc) is 2.45. The highest BCUT2D eigenvalue weighted by Crippen LogP contribution is 2.31. The predicted octanol–water partition coefficient (Wildman–Crippen LogP) is 4.04. The molecule has 0 saturated carbocycles. The van der Waals surface area contributed by atoms with Crippen LogP contribution in [-0.2, 0) is 10.0 Å². The number of hydrogen-bond donors (Lipinski definition) is 1. The SMILES string of the molecule is COc1ccc(C)cc1NS(=O)(=O)c1c(C)c(C)cc(C)c1C. The number of anilines is 1. The molecule has 124 valence electrons. The lowest BCUT2D eigenvalue weighted by atomic mass is 10.0. The minimum absolute atomic E-state index is 0.346. The van der Waals surface area contributed by atoms with E-state index in [0.29, 0.717) is 16.3 Å². The van der Waals surface area contributed by atoms with E-state index in [-0.39, 0.29) is 0 Å². The Morgan fingerprint density at radius 2 is 1.48 bits per heavy atom. The minimum Gasteiger partial charge on any atom is -0.495 e. The van der Waals surface area contributed by atoms with Gasteiger partial charge in [0.1, 0.15) is 5.75 Å². The molecule has 0 bridgehead atoms. The van der Waals surface area contributed by atoms with Crippen LogP contribution in [0.15, 0.2) is 29.2 Å². The zero-order valence-corrected chi connectivity index (χ0v) is 15.3. The Morgan fingerprint density at radius 3 is 2.00 bits per heavy atom. The van der Waals surface area contributed by atoms with E-state index in [0.717, 1.165) is 27.8 Å². The molecular weight excluding hydrogens is 310 g/mol. The number of rotatable bonds is 4. The van der Waals surface area contributed by atoms with Gasteiger partial charge in [-0.05, 0) is 74.6 Å². The molecular formula is C18H23NO3S. The maximum atomic E-state index is 13.0. The van der Waals surface area contributed by atoms with Gasteiger partial charge in [0.2, 0.25) is 0 Å². The Balaban J connectivity index is 2.60. The van der Waals surface area contributed by atoms with Crippen molar-refractivity contribution < 1.29 is 13.2 Å². The third kappa shape index (κ3) is 3.34. The van der Waals surface area contributed by atoms with Crippen LogP contribution in [0.5, 0.6) is 5.75 Å². The van der Waals surface area contributed by atoms with Gasteiger partial charge in [-0.1, -0.05) is 12.1 Å². The van der Waals surface area contributed by atoms with Crippen LogP contribution in [0.3, 0.4) is 0 Å². The molecule has 0 atom stereocenters. The van der Waals surface area contributed by atoms with E-state index in [1.807, 2.05) is 46.8 Å². The van der Waals surface area contributed by atoms with Crippen molar-refractivity contribution in [3.63, 3.8) is 0 Å². The van der Waals surface area contributed by atoms with Gasteiger partial charge in [0.15, 0.2) is 0 Å². The van der Waals surface area contributed by atoms with E-state index in [1.165, 1.54) is 7.11 Å². The van der Waals surface area contributed by atoms with Crippen LogP contribution in [0.2, 0.25) is 0 Å². The molecule has 0 heterocycles. The van der Waals surface area contributed by atoms with Gasteiger partial charge in [-0.15, -0.1) is 0 Å². The van der Waals surface area contributed by atoms with E-state index < -0.39 is 10.0 Å². The largest absolute Gasteiger partial charge is 0.495 e. The van der Waals surface area contributed by atoms with Gasteiger partial charge >= 0.3 is 0 Å². The molecule has 0 radical (unpaired) electrons. The predicted molar refractivity (Wildman–Crippen MR) is 93.9 cm³/mol. The Bertz CT molecular complexity index is 829. The maximum absolute atomic E-state index is 13.0. The number of sulfonamides is 1. The fraction of sp³-hybridized carbons (Fsp3) is 0.333. The summed E-state index contributed by atoms with van der Waals surface area (Å²) in [6.07, 6.45) is 0. The summed E-state index contributed by atoms with van der Waals surface area (Å²) in [6.45, 7) is 9.43. The van der Waals surface area contributed by atoms with Gasteiger partial charge in [0.05, 0.1) is 17.7 Å². The second-order valence-corrected chi connectivity index (χ2v) is 7.52. The van der Waals surface area contributed by atoms with Crippen LogP contribution in [0, 0.1) is 34.6 Å². The fourth-order valence-electron chi connectivity index (χ4n) is 2.68. The molecule has 0 aliphatic heterocycles. The van der Waals surface area contributed by atoms with E-state index in [4.69, 9.17) is 4.74 Å². The Kier molecular flexibility index (Phi) is 4.71. The molecule has 0 spiro atoms. The van der Waals surface area contributed by atoms with Gasteiger partial charge in [0.25, 0.3) is 10.0 Å². The average molecular weight is 333 g/mol. The fourth-order valence-corrected chi connectivity index (χ4v) is 4.36. The van der Waals surface area contributed by atoms with Crippen molar-refractivity contribution in [2.24, 2.45) is 0 Å². The zero-order chi connectivity index (χ0) is 17.4. The van der Waals surface area contributed by atoms with Crippen molar-refractivity contribution in [2.75, 3.05) is 11.8 Å². The summed E-state index contributed by atoms with van der Waals surface area (Å²) >= 11 is 0. The van der Waals surface area contributed by atoms with Crippen LogP contribution in [0.25, 0.3) is 0 Å². The lowest BCUT2D eigenvalue weighted by molar-refractivity contribution is 0.417. The summed E-state index contributed by atoms with van der Waals surface area (Å²) in [6, 6.07) is 7.42. The lowest BCUT2D eigenvalue weighted by Gasteiger charge is -2.18. The number of benzene rings is 2. The molecule has 0 unspecified atom stereocenters. The van der Waals surface area contributed by atoms with Gasteiger partial charge in [-0.25, -0.2) is 8.42 Å². The summed E-state index contributed by atoms with van der Waals surface area (Å²) in [5, 5.41) is 0. The first-order valence-corrected chi connectivity index (χ1v) is 8.90. The summed E-state index contributed by atoms with van der Waals surface area (Å²) in [4.78, 5) is 0.346. The van der Waals surface area contributed by atoms with Crippen LogP contribution < -0.4 is 9.46 Å². The standard InChI is InChI=1S/C18H23NO3S/c1-11-7-8-17(22-6)16(9-11)19-23(20,21)18-14(4)12(2)10-13(3)15(18)5/h7-10,19H,1-6H3. The zero-order valence-electron chi connectivity index (χ0n) is 14.4. The second kappa shape index (κ2) is 6.24. The Hall–Kier alpha value is -2.01. The highest BCUT2D eigenvalue weighted by Gasteiger charge is 2.23. The molecule has 0 aliphatic rings. The Labute approximate surface area is 138 Å². The first-order chi connectivity index (χ1) is 10.7. The first kappa shape index (κ1) is 17.3. The molecule has 0 aliphatic carbocycles. The topological polar surface area (TPSA) is 55.4 Å². The highest BCUT2D eigenvalue weighted by atomic mass is 32.2. The van der Waals surface area contributed by atoms with Crippen molar-refractivity contribution in [3.8, 4) is 5.75 Å². The van der Waals surface area contributed by atoms with E-state index in [9.17, 15) is 8.42 Å². The molecule has 0 amide bonds. The molecule has 2 aromatic carbocycles. The van der Waals surface area contributed by atoms with Gasteiger partial charge in [-0.2, -0.15) is 0 Å². The monoisotopic (exact) mass is 333 g/mol. The third-order valence-corrected chi connectivity index (χ3v) is 5.80. The highest BCUT2D eigenvalue weighted by molar-refractivity contribution is 7.92. The van der Waals surface area contributed by atoms with E-state index in [1.54, 1.807) is 12.1 Å². The maximum Gasteiger partial charge on any atom is 0.262 e. The van der Waals surface area contributed by atoms with Crippen molar-refractivity contribution in [3.05, 3.63) is 52.1 Å². The number of methoxy groups -OCH3 is 1. The van der Waals surface area contributed by atoms with Crippen LogP contribution >= 0.6 is 0 Å². The summed E-state index contributed by atoms with van der Waals surface area (Å²) < 4.78 is 33.9. The van der Waals surface area contributed by atoms with Crippen molar-refractivity contribution in [1.82, 2.24) is 0 Å². The van der Waals surface area contributed by atoms with Crippen LogP contribution in [0.1, 0.15) is 27.8 Å². The van der Waals surface area contributed by atoms with Crippen molar-refractivity contribution >= 4 is 15.7 Å². The third-order valence-electron chi connectivity index (χ3n) is 4.17. The van der Waals surface area contributed by atoms with Crippen LogP contribution in [-0.4, -0.2) is 15.5 Å². The van der Waals surface area contributed by atoms with Crippen molar-refractivity contribution in [1.29, 1.82) is 0 Å². The van der Waals surface area contributed by atoms with Gasteiger partial charge in [0, 0.05) is 0 Å². The van der Waals surface area contributed by atoms with Crippen molar-refractivity contribution in [2.45, 2.75) is 39.5 Å². The molecule has 2 aromatic rings. The summed E-state index contributed by atoms with van der Waals surface area (Å²) in [7, 11) is -2.18. The molecule has 2 rings (SSSR count). The minimum atomic E-state index is -3.70. The molecule has 0 fully saturated rings. The molecule has 0 aromatic heterocycles. The number of nitrogens with one attached hydrogen (secondary N) is 1. The molecule has 5 heteroatoms.